The van der Waals surface area contributed by atoms with Gasteiger partial charge in [-0.3, -0.25) is 4.98 Å². The largest absolute Gasteiger partial charge is 0.350 e. The van der Waals surface area contributed by atoms with Crippen LogP contribution in [0.4, 0.5) is 17.5 Å². The molecule has 0 atom stereocenters. The Balaban J connectivity index is 1.63. The summed E-state index contributed by atoms with van der Waals surface area (Å²) in [4.78, 5) is 13.3. The summed E-state index contributed by atoms with van der Waals surface area (Å²) in [5.41, 5.74) is 4.01. The molecule has 132 valence electrons. The van der Waals surface area contributed by atoms with Crippen molar-refractivity contribution in [2.75, 3.05) is 10.6 Å². The molecule has 0 aliphatic heterocycles. The fourth-order valence-corrected chi connectivity index (χ4v) is 2.70. The average Bonchev–Trinajstić information content (AvgIpc) is 2.74. The Morgan fingerprint density at radius 3 is 2.19 bits per heavy atom. The molecule has 2 aromatic heterocycles. The van der Waals surface area contributed by atoms with E-state index in [0.717, 1.165) is 28.3 Å². The molecule has 0 aliphatic rings. The fourth-order valence-electron chi connectivity index (χ4n) is 2.70. The molecule has 0 saturated carbocycles. The van der Waals surface area contributed by atoms with Gasteiger partial charge in [-0.05, 0) is 29.8 Å². The van der Waals surface area contributed by atoms with E-state index < -0.39 is 0 Å². The maximum atomic E-state index is 4.68. The van der Waals surface area contributed by atoms with E-state index in [1.54, 1.807) is 12.4 Å². The maximum Gasteiger partial charge on any atom is 0.225 e. The summed E-state index contributed by atoms with van der Waals surface area (Å²) in [6, 6.07) is 26.0. The van der Waals surface area contributed by atoms with Gasteiger partial charge < -0.3 is 10.6 Å². The van der Waals surface area contributed by atoms with Gasteiger partial charge in [0.2, 0.25) is 5.95 Å². The Hall–Kier alpha value is -3.73. The van der Waals surface area contributed by atoms with Crippen molar-refractivity contribution >= 4 is 17.5 Å². The molecule has 0 fully saturated rings. The number of pyridine rings is 1. The smallest absolute Gasteiger partial charge is 0.225 e. The van der Waals surface area contributed by atoms with Crippen LogP contribution in [-0.2, 0) is 6.54 Å². The molecule has 2 aromatic carbocycles. The SMILES string of the molecule is c1ccc(Nc2cc(-c3ccccc3)nc(NCc3ccncc3)n2)cc1. The molecule has 2 heterocycles. The Labute approximate surface area is 158 Å². The summed E-state index contributed by atoms with van der Waals surface area (Å²) in [5, 5.41) is 6.66. The van der Waals surface area contributed by atoms with Gasteiger partial charge in [-0.1, -0.05) is 48.5 Å². The van der Waals surface area contributed by atoms with E-state index in [-0.39, 0.29) is 0 Å². The molecule has 4 aromatic rings. The van der Waals surface area contributed by atoms with Crippen LogP contribution in [0.3, 0.4) is 0 Å². The van der Waals surface area contributed by atoms with Crippen molar-refractivity contribution < 1.29 is 0 Å². The average molecular weight is 353 g/mol. The molecule has 0 unspecified atom stereocenters. The molecule has 0 bridgehead atoms. The van der Waals surface area contributed by atoms with Gasteiger partial charge in [0.15, 0.2) is 0 Å². The van der Waals surface area contributed by atoms with Gasteiger partial charge in [-0.2, -0.15) is 4.98 Å². The number of hydrogen-bond donors (Lipinski definition) is 2. The van der Waals surface area contributed by atoms with E-state index in [9.17, 15) is 0 Å². The highest BCUT2D eigenvalue weighted by atomic mass is 15.1. The van der Waals surface area contributed by atoms with E-state index in [2.05, 4.69) is 25.6 Å². The second-order valence-corrected chi connectivity index (χ2v) is 6.03. The standard InChI is InChI=1S/C22H19N5/c1-3-7-18(8-4-1)20-15-21(25-19-9-5-2-6-10-19)27-22(26-20)24-16-17-11-13-23-14-12-17/h1-15H,16H2,(H2,24,25,26,27). The number of para-hydroxylation sites is 1. The third-order valence-corrected chi connectivity index (χ3v) is 4.04. The third kappa shape index (κ3) is 4.46. The normalized spacial score (nSPS) is 10.4. The van der Waals surface area contributed by atoms with Gasteiger partial charge >= 0.3 is 0 Å². The second-order valence-electron chi connectivity index (χ2n) is 6.03. The van der Waals surface area contributed by atoms with Gasteiger partial charge in [0.1, 0.15) is 5.82 Å². The van der Waals surface area contributed by atoms with Gasteiger partial charge in [0.05, 0.1) is 5.69 Å². The van der Waals surface area contributed by atoms with Crippen LogP contribution in [0.1, 0.15) is 5.56 Å². The number of hydrogen-bond acceptors (Lipinski definition) is 5. The molecule has 0 saturated heterocycles. The molecule has 5 nitrogen and oxygen atoms in total. The number of rotatable bonds is 6. The van der Waals surface area contributed by atoms with Crippen molar-refractivity contribution in [3.8, 4) is 11.3 Å². The van der Waals surface area contributed by atoms with E-state index in [4.69, 9.17) is 0 Å². The van der Waals surface area contributed by atoms with Crippen LogP contribution in [0.15, 0.2) is 91.3 Å². The van der Waals surface area contributed by atoms with Crippen LogP contribution in [0.5, 0.6) is 0 Å². The van der Waals surface area contributed by atoms with E-state index >= 15 is 0 Å². The highest BCUT2D eigenvalue weighted by molar-refractivity contribution is 5.67. The highest BCUT2D eigenvalue weighted by Crippen LogP contribution is 2.23. The van der Waals surface area contributed by atoms with E-state index in [1.165, 1.54) is 0 Å². The van der Waals surface area contributed by atoms with Crippen LogP contribution < -0.4 is 10.6 Å². The summed E-state index contributed by atoms with van der Waals surface area (Å²) in [6.07, 6.45) is 3.56. The minimum absolute atomic E-state index is 0.576. The van der Waals surface area contributed by atoms with Crippen LogP contribution in [0, 0.1) is 0 Å². The topological polar surface area (TPSA) is 62.7 Å². The summed E-state index contributed by atoms with van der Waals surface area (Å²) in [5.74, 6) is 1.32. The number of benzene rings is 2. The van der Waals surface area contributed by atoms with Crippen molar-refractivity contribution in [2.45, 2.75) is 6.54 Å². The van der Waals surface area contributed by atoms with Crippen molar-refractivity contribution in [3.63, 3.8) is 0 Å². The van der Waals surface area contributed by atoms with Crippen LogP contribution in [0.2, 0.25) is 0 Å². The first-order valence-electron chi connectivity index (χ1n) is 8.76. The Morgan fingerprint density at radius 2 is 1.44 bits per heavy atom. The molecule has 0 spiro atoms. The lowest BCUT2D eigenvalue weighted by Gasteiger charge is -2.11. The summed E-state index contributed by atoms with van der Waals surface area (Å²) >= 11 is 0. The number of nitrogens with zero attached hydrogens (tertiary/aromatic N) is 3. The van der Waals surface area contributed by atoms with E-state index in [0.29, 0.717) is 12.5 Å². The molecule has 5 heteroatoms. The summed E-state index contributed by atoms with van der Waals surface area (Å²) < 4.78 is 0. The van der Waals surface area contributed by atoms with Crippen molar-refractivity contribution in [1.82, 2.24) is 15.0 Å². The monoisotopic (exact) mass is 353 g/mol. The number of nitrogens with one attached hydrogen (secondary N) is 2. The zero-order chi connectivity index (χ0) is 18.3. The van der Waals surface area contributed by atoms with Crippen molar-refractivity contribution in [1.29, 1.82) is 0 Å². The third-order valence-electron chi connectivity index (χ3n) is 4.04. The van der Waals surface area contributed by atoms with Crippen LogP contribution in [-0.4, -0.2) is 15.0 Å². The minimum atomic E-state index is 0.576. The van der Waals surface area contributed by atoms with Crippen LogP contribution in [0.25, 0.3) is 11.3 Å². The molecular formula is C22H19N5. The molecule has 27 heavy (non-hydrogen) atoms. The second kappa shape index (κ2) is 8.10. The lowest BCUT2D eigenvalue weighted by molar-refractivity contribution is 1.05. The first-order valence-corrected chi connectivity index (χ1v) is 8.76. The quantitative estimate of drug-likeness (QED) is 0.516. The molecule has 0 amide bonds. The van der Waals surface area contributed by atoms with E-state index in [1.807, 2.05) is 78.9 Å². The fraction of sp³-hybridized carbons (Fsp3) is 0.0455. The lowest BCUT2D eigenvalue weighted by Crippen LogP contribution is -2.06. The Bertz CT molecular complexity index is 989. The summed E-state index contributed by atoms with van der Waals surface area (Å²) in [6.45, 7) is 0.630. The van der Waals surface area contributed by atoms with Gasteiger partial charge in [-0.25, -0.2) is 4.98 Å². The lowest BCUT2D eigenvalue weighted by atomic mass is 10.1. The van der Waals surface area contributed by atoms with Gasteiger partial charge in [0, 0.05) is 36.3 Å². The van der Waals surface area contributed by atoms with Gasteiger partial charge in [-0.15, -0.1) is 0 Å². The van der Waals surface area contributed by atoms with Crippen LogP contribution >= 0.6 is 0 Å². The molecule has 2 N–H and O–H groups in total. The predicted molar refractivity (Wildman–Crippen MR) is 109 cm³/mol. The maximum absolute atomic E-state index is 4.68. The zero-order valence-electron chi connectivity index (χ0n) is 14.7. The first-order chi connectivity index (χ1) is 13.4. The molecule has 0 aliphatic carbocycles. The van der Waals surface area contributed by atoms with Crippen molar-refractivity contribution in [3.05, 3.63) is 96.8 Å². The molecular weight excluding hydrogens is 334 g/mol. The molecule has 4 rings (SSSR count). The van der Waals surface area contributed by atoms with Crippen molar-refractivity contribution in [2.24, 2.45) is 0 Å². The minimum Gasteiger partial charge on any atom is -0.350 e. The predicted octanol–water partition coefficient (Wildman–Crippen LogP) is 4.89. The first kappa shape index (κ1) is 16.7. The Kier molecular flexibility index (Phi) is 5.02. The van der Waals surface area contributed by atoms with Gasteiger partial charge in [0.25, 0.3) is 0 Å². The number of aromatic nitrogens is 3. The number of anilines is 3. The zero-order valence-corrected chi connectivity index (χ0v) is 14.7. The Morgan fingerprint density at radius 1 is 0.741 bits per heavy atom. The summed E-state index contributed by atoms with van der Waals surface area (Å²) in [7, 11) is 0. The molecule has 0 radical (unpaired) electrons. The highest BCUT2D eigenvalue weighted by Gasteiger charge is 2.07.